The van der Waals surface area contributed by atoms with Crippen molar-refractivity contribution in [1.82, 2.24) is 0 Å². The minimum Gasteiger partial charge on any atom is -0.469 e. The second-order valence-electron chi connectivity index (χ2n) is 4.34. The number of esters is 1. The van der Waals surface area contributed by atoms with Crippen LogP contribution in [0.15, 0.2) is 42.5 Å². The molecule has 19 heavy (non-hydrogen) atoms. The van der Waals surface area contributed by atoms with Crippen LogP contribution in [-0.4, -0.2) is 19.6 Å². The van der Waals surface area contributed by atoms with Crippen molar-refractivity contribution in [1.29, 1.82) is 0 Å². The fraction of sp³-hybridized carbons (Fsp3) is 0.267. The molecule has 0 saturated heterocycles. The number of methoxy groups -OCH3 is 1. The molecule has 1 atom stereocenters. The van der Waals surface area contributed by atoms with Crippen LogP contribution in [0.5, 0.6) is 0 Å². The number of fused-ring (bicyclic) bond motifs is 1. The summed E-state index contributed by atoms with van der Waals surface area (Å²) in [5, 5.41) is 2.37. The first-order valence-corrected chi connectivity index (χ1v) is 6.00. The van der Waals surface area contributed by atoms with Crippen molar-refractivity contribution < 1.29 is 9.53 Å². The van der Waals surface area contributed by atoms with Crippen molar-refractivity contribution in [3.63, 3.8) is 0 Å². The molecule has 0 saturated carbocycles. The third-order valence-electron chi connectivity index (χ3n) is 3.12. The topological polar surface area (TPSA) is 52.3 Å². The summed E-state index contributed by atoms with van der Waals surface area (Å²) in [5.41, 5.74) is 6.71. The lowest BCUT2D eigenvalue weighted by Crippen LogP contribution is -2.26. The first-order chi connectivity index (χ1) is 8.74. The normalized spacial score (nSPS) is 11.7. The minimum absolute atomic E-state index is 0. The third-order valence-corrected chi connectivity index (χ3v) is 3.12. The van der Waals surface area contributed by atoms with E-state index >= 15 is 0 Å². The second-order valence-corrected chi connectivity index (χ2v) is 4.34. The van der Waals surface area contributed by atoms with Crippen LogP contribution in [0.2, 0.25) is 0 Å². The van der Waals surface area contributed by atoms with Crippen molar-refractivity contribution in [3.05, 3.63) is 48.0 Å². The lowest BCUT2D eigenvalue weighted by atomic mass is 9.97. The maximum absolute atomic E-state index is 11.5. The van der Waals surface area contributed by atoms with Gasteiger partial charge in [-0.3, -0.25) is 4.79 Å². The molecule has 0 aliphatic carbocycles. The molecule has 0 amide bonds. The number of nitrogens with two attached hydrogens (primary N) is 1. The lowest BCUT2D eigenvalue weighted by Gasteiger charge is -2.12. The van der Waals surface area contributed by atoms with Crippen LogP contribution in [0.3, 0.4) is 0 Å². The second kappa shape index (κ2) is 7.12. The molecule has 2 rings (SSSR count). The van der Waals surface area contributed by atoms with Gasteiger partial charge < -0.3 is 10.5 Å². The molecular weight excluding hydrogens is 262 g/mol. The number of rotatable bonds is 4. The Kier molecular flexibility index (Phi) is 5.80. The zero-order valence-corrected chi connectivity index (χ0v) is 11.7. The Hall–Kier alpha value is -1.58. The largest absolute Gasteiger partial charge is 0.469 e. The molecule has 0 aliphatic rings. The zero-order chi connectivity index (χ0) is 13.0. The van der Waals surface area contributed by atoms with Crippen LogP contribution < -0.4 is 5.73 Å². The average molecular weight is 280 g/mol. The summed E-state index contributed by atoms with van der Waals surface area (Å²) in [6, 6.07) is 14.4. The van der Waals surface area contributed by atoms with E-state index in [0.29, 0.717) is 13.0 Å². The Morgan fingerprint density at radius 1 is 1.21 bits per heavy atom. The molecule has 0 radical (unpaired) electrons. The third kappa shape index (κ3) is 3.69. The number of carbonyl (C=O) groups excluding carboxylic acids is 1. The standard InChI is InChI=1S/C15H17NO2.ClH/c1-18-15(17)14(10-16)9-11-6-7-12-4-2-3-5-13(12)8-11;/h2-8,14H,9-10,16H2,1H3;1H. The highest BCUT2D eigenvalue weighted by Gasteiger charge is 2.17. The summed E-state index contributed by atoms with van der Waals surface area (Å²) in [4.78, 5) is 11.5. The number of halogens is 1. The van der Waals surface area contributed by atoms with E-state index in [1.165, 1.54) is 17.9 Å². The van der Waals surface area contributed by atoms with Gasteiger partial charge in [-0.15, -0.1) is 12.4 Å². The quantitative estimate of drug-likeness (QED) is 0.875. The van der Waals surface area contributed by atoms with Gasteiger partial charge in [-0.2, -0.15) is 0 Å². The van der Waals surface area contributed by atoms with Crippen LogP contribution in [-0.2, 0) is 16.0 Å². The van der Waals surface area contributed by atoms with Crippen LogP contribution in [0.4, 0.5) is 0 Å². The van der Waals surface area contributed by atoms with E-state index in [0.717, 1.165) is 5.56 Å². The number of ether oxygens (including phenoxy) is 1. The molecule has 3 nitrogen and oxygen atoms in total. The summed E-state index contributed by atoms with van der Waals surface area (Å²) in [6.07, 6.45) is 0.619. The molecular formula is C15H18ClNO2. The van der Waals surface area contributed by atoms with Gasteiger partial charge in [-0.25, -0.2) is 0 Å². The van der Waals surface area contributed by atoms with Crippen LogP contribution in [0.25, 0.3) is 10.8 Å². The van der Waals surface area contributed by atoms with Gasteiger partial charge in [0.05, 0.1) is 13.0 Å². The summed E-state index contributed by atoms with van der Waals surface area (Å²) >= 11 is 0. The Bertz CT molecular complexity index is 557. The fourth-order valence-electron chi connectivity index (χ4n) is 2.08. The van der Waals surface area contributed by atoms with Crippen molar-refractivity contribution in [2.24, 2.45) is 11.7 Å². The molecule has 2 aromatic carbocycles. The Labute approximate surface area is 119 Å². The van der Waals surface area contributed by atoms with E-state index in [1.54, 1.807) is 0 Å². The fourth-order valence-corrected chi connectivity index (χ4v) is 2.08. The molecule has 0 heterocycles. The highest BCUT2D eigenvalue weighted by molar-refractivity contribution is 5.85. The van der Waals surface area contributed by atoms with Crippen molar-refractivity contribution in [2.75, 3.05) is 13.7 Å². The molecule has 0 fully saturated rings. The number of carbonyl (C=O) groups is 1. The smallest absolute Gasteiger partial charge is 0.310 e. The molecule has 102 valence electrons. The van der Waals surface area contributed by atoms with Crippen LogP contribution >= 0.6 is 12.4 Å². The monoisotopic (exact) mass is 279 g/mol. The Morgan fingerprint density at radius 2 is 1.89 bits per heavy atom. The van der Waals surface area contributed by atoms with E-state index in [-0.39, 0.29) is 24.3 Å². The van der Waals surface area contributed by atoms with Crippen molar-refractivity contribution >= 4 is 29.1 Å². The molecule has 2 N–H and O–H groups in total. The van der Waals surface area contributed by atoms with Crippen LogP contribution in [0, 0.1) is 5.92 Å². The van der Waals surface area contributed by atoms with Gasteiger partial charge in [0.2, 0.25) is 0 Å². The van der Waals surface area contributed by atoms with E-state index in [4.69, 9.17) is 10.5 Å². The van der Waals surface area contributed by atoms with Crippen molar-refractivity contribution in [3.8, 4) is 0 Å². The summed E-state index contributed by atoms with van der Waals surface area (Å²) in [6.45, 7) is 0.305. The van der Waals surface area contributed by atoms with Crippen LogP contribution in [0.1, 0.15) is 5.56 Å². The number of hydrogen-bond acceptors (Lipinski definition) is 3. The molecule has 1 unspecified atom stereocenters. The van der Waals surface area contributed by atoms with Gasteiger partial charge in [0.15, 0.2) is 0 Å². The van der Waals surface area contributed by atoms with E-state index in [2.05, 4.69) is 24.3 Å². The highest BCUT2D eigenvalue weighted by atomic mass is 35.5. The highest BCUT2D eigenvalue weighted by Crippen LogP contribution is 2.18. The van der Waals surface area contributed by atoms with Gasteiger partial charge in [0.25, 0.3) is 0 Å². The maximum atomic E-state index is 11.5. The lowest BCUT2D eigenvalue weighted by molar-refractivity contribution is -0.145. The summed E-state index contributed by atoms with van der Waals surface area (Å²) in [7, 11) is 1.39. The van der Waals surface area contributed by atoms with Gasteiger partial charge in [0, 0.05) is 6.54 Å². The predicted octanol–water partition coefficient (Wildman–Crippen LogP) is 2.55. The summed E-state index contributed by atoms with van der Waals surface area (Å²) in [5.74, 6) is -0.512. The number of hydrogen-bond donors (Lipinski definition) is 1. The molecule has 4 heteroatoms. The molecule has 0 spiro atoms. The molecule has 0 bridgehead atoms. The van der Waals surface area contributed by atoms with Gasteiger partial charge >= 0.3 is 5.97 Å². The first-order valence-electron chi connectivity index (χ1n) is 6.00. The van der Waals surface area contributed by atoms with Gasteiger partial charge in [-0.05, 0) is 22.8 Å². The SMILES string of the molecule is COC(=O)C(CN)Cc1ccc2ccccc2c1.Cl. The molecule has 0 aromatic heterocycles. The van der Waals surface area contributed by atoms with Crippen molar-refractivity contribution in [2.45, 2.75) is 6.42 Å². The Balaban J connectivity index is 0.00000180. The minimum atomic E-state index is -0.267. The van der Waals surface area contributed by atoms with E-state index < -0.39 is 0 Å². The van der Waals surface area contributed by atoms with Gasteiger partial charge in [0.1, 0.15) is 0 Å². The molecule has 0 aliphatic heterocycles. The van der Waals surface area contributed by atoms with Gasteiger partial charge in [-0.1, -0.05) is 42.5 Å². The average Bonchev–Trinajstić information content (AvgIpc) is 2.43. The predicted molar refractivity (Wildman–Crippen MR) is 79.5 cm³/mol. The van der Waals surface area contributed by atoms with E-state index in [1.807, 2.05) is 18.2 Å². The summed E-state index contributed by atoms with van der Waals surface area (Å²) < 4.78 is 4.74. The Morgan fingerprint density at radius 3 is 2.53 bits per heavy atom. The zero-order valence-electron chi connectivity index (χ0n) is 10.8. The number of benzene rings is 2. The first kappa shape index (κ1) is 15.5. The maximum Gasteiger partial charge on any atom is 0.310 e. The molecule has 2 aromatic rings. The van der Waals surface area contributed by atoms with E-state index in [9.17, 15) is 4.79 Å².